The van der Waals surface area contributed by atoms with Gasteiger partial charge < -0.3 is 5.02 Å². The molecular formula is C14H23BO. The van der Waals surface area contributed by atoms with Crippen molar-refractivity contribution in [1.29, 1.82) is 0 Å². The highest BCUT2D eigenvalue weighted by Gasteiger charge is 2.16. The van der Waals surface area contributed by atoms with Gasteiger partial charge >= 0.3 is 6.92 Å². The Morgan fingerprint density at radius 1 is 1.12 bits per heavy atom. The first-order chi connectivity index (χ1) is 7.20. The summed E-state index contributed by atoms with van der Waals surface area (Å²) < 4.78 is 0. The SMILES string of the molecule is CB(O)c1cc(C)c(CC(C)(C)C)c(C)c1. The molecule has 1 N–H and O–H groups in total. The molecule has 1 rings (SSSR count). The molecule has 0 aliphatic heterocycles. The fourth-order valence-corrected chi connectivity index (χ4v) is 2.08. The summed E-state index contributed by atoms with van der Waals surface area (Å²) in [5, 5.41) is 9.60. The second kappa shape index (κ2) is 4.62. The van der Waals surface area contributed by atoms with E-state index < -0.39 is 0 Å². The van der Waals surface area contributed by atoms with Crippen LogP contribution < -0.4 is 5.46 Å². The summed E-state index contributed by atoms with van der Waals surface area (Å²) in [6.45, 7) is 12.5. The number of aryl methyl sites for hydroxylation is 2. The molecule has 0 radical (unpaired) electrons. The molecule has 1 nitrogen and oxygen atoms in total. The second-order valence-electron chi connectivity index (χ2n) is 6.05. The molecule has 2 heteroatoms. The Bertz CT molecular complexity index is 352. The van der Waals surface area contributed by atoms with Crippen LogP contribution in [-0.4, -0.2) is 11.9 Å². The molecule has 0 spiro atoms. The molecule has 0 bridgehead atoms. The minimum absolute atomic E-state index is 0.307. The smallest absolute Gasteiger partial charge is 0.320 e. The van der Waals surface area contributed by atoms with Gasteiger partial charge in [0.25, 0.3) is 0 Å². The molecule has 0 atom stereocenters. The normalized spacial score (nSPS) is 11.7. The predicted octanol–water partition coefficient (Wildman–Crippen LogP) is 2.71. The van der Waals surface area contributed by atoms with Gasteiger partial charge in [0.05, 0.1) is 0 Å². The fourth-order valence-electron chi connectivity index (χ4n) is 2.08. The number of hydrogen-bond donors (Lipinski definition) is 1. The van der Waals surface area contributed by atoms with E-state index in [1.165, 1.54) is 16.7 Å². The molecule has 0 heterocycles. The van der Waals surface area contributed by atoms with Crippen LogP contribution in [0.1, 0.15) is 37.5 Å². The van der Waals surface area contributed by atoms with Crippen LogP contribution in [0.25, 0.3) is 0 Å². The Morgan fingerprint density at radius 3 is 1.88 bits per heavy atom. The van der Waals surface area contributed by atoms with Crippen molar-refractivity contribution in [3.8, 4) is 0 Å². The molecule has 0 saturated carbocycles. The molecule has 16 heavy (non-hydrogen) atoms. The predicted molar refractivity (Wildman–Crippen MR) is 72.5 cm³/mol. The van der Waals surface area contributed by atoms with Crippen LogP contribution in [0.3, 0.4) is 0 Å². The van der Waals surface area contributed by atoms with E-state index in [-0.39, 0.29) is 6.92 Å². The summed E-state index contributed by atoms with van der Waals surface area (Å²) in [5.74, 6) is 0. The van der Waals surface area contributed by atoms with Crippen LogP contribution in [0.4, 0.5) is 0 Å². The van der Waals surface area contributed by atoms with Gasteiger partial charge in [-0.15, -0.1) is 0 Å². The van der Waals surface area contributed by atoms with Crippen LogP contribution >= 0.6 is 0 Å². The van der Waals surface area contributed by atoms with Crippen molar-refractivity contribution in [2.24, 2.45) is 5.41 Å². The summed E-state index contributed by atoms with van der Waals surface area (Å²) in [5.41, 5.74) is 5.35. The van der Waals surface area contributed by atoms with Crippen LogP contribution in [0.2, 0.25) is 6.82 Å². The zero-order valence-corrected chi connectivity index (χ0v) is 11.4. The highest BCUT2D eigenvalue weighted by molar-refractivity contribution is 6.64. The van der Waals surface area contributed by atoms with Gasteiger partial charge in [0.2, 0.25) is 0 Å². The first-order valence-corrected chi connectivity index (χ1v) is 5.99. The maximum atomic E-state index is 9.60. The maximum Gasteiger partial charge on any atom is 0.320 e. The summed E-state index contributed by atoms with van der Waals surface area (Å²) in [6, 6.07) is 4.22. The van der Waals surface area contributed by atoms with Crippen LogP contribution in [0.15, 0.2) is 12.1 Å². The van der Waals surface area contributed by atoms with E-state index in [1.807, 2.05) is 6.82 Å². The Kier molecular flexibility index (Phi) is 3.85. The lowest BCUT2D eigenvalue weighted by Gasteiger charge is -2.22. The third-order valence-electron chi connectivity index (χ3n) is 2.91. The first-order valence-electron chi connectivity index (χ1n) is 5.99. The molecule has 0 aliphatic rings. The van der Waals surface area contributed by atoms with Crippen molar-refractivity contribution in [2.45, 2.75) is 47.9 Å². The van der Waals surface area contributed by atoms with Crippen molar-refractivity contribution >= 4 is 12.4 Å². The van der Waals surface area contributed by atoms with Gasteiger partial charge in [0, 0.05) is 0 Å². The van der Waals surface area contributed by atoms with Gasteiger partial charge in [-0.2, -0.15) is 0 Å². The lowest BCUT2D eigenvalue weighted by atomic mass is 9.63. The van der Waals surface area contributed by atoms with E-state index in [2.05, 4.69) is 46.8 Å². The monoisotopic (exact) mass is 218 g/mol. The molecule has 1 aromatic carbocycles. The molecular weight excluding hydrogens is 195 g/mol. The Labute approximate surface area is 100 Å². The van der Waals surface area contributed by atoms with E-state index >= 15 is 0 Å². The van der Waals surface area contributed by atoms with Gasteiger partial charge in [-0.05, 0) is 47.8 Å². The highest BCUT2D eigenvalue weighted by Crippen LogP contribution is 2.24. The Hall–Kier alpha value is -0.755. The zero-order valence-electron chi connectivity index (χ0n) is 11.4. The second-order valence-corrected chi connectivity index (χ2v) is 6.05. The van der Waals surface area contributed by atoms with Gasteiger partial charge in [-0.25, -0.2) is 0 Å². The van der Waals surface area contributed by atoms with E-state index in [1.54, 1.807) is 0 Å². The highest BCUT2D eigenvalue weighted by atomic mass is 16.2. The summed E-state index contributed by atoms with van der Waals surface area (Å²) in [6.07, 6.45) is 1.09. The minimum atomic E-state index is -0.374. The summed E-state index contributed by atoms with van der Waals surface area (Å²) in [4.78, 5) is 0. The van der Waals surface area contributed by atoms with E-state index in [0.29, 0.717) is 5.41 Å². The van der Waals surface area contributed by atoms with Gasteiger partial charge in [0.1, 0.15) is 0 Å². The van der Waals surface area contributed by atoms with E-state index in [9.17, 15) is 5.02 Å². The molecule has 0 aliphatic carbocycles. The van der Waals surface area contributed by atoms with E-state index in [4.69, 9.17) is 0 Å². The van der Waals surface area contributed by atoms with Gasteiger partial charge in [0.15, 0.2) is 0 Å². The largest absolute Gasteiger partial charge is 0.447 e. The third-order valence-corrected chi connectivity index (χ3v) is 2.91. The quantitative estimate of drug-likeness (QED) is 0.756. The Morgan fingerprint density at radius 2 is 1.56 bits per heavy atom. The molecule has 88 valence electrons. The molecule has 0 aromatic heterocycles. The Balaban J connectivity index is 3.13. The standard InChI is InChI=1S/C14H23BO/c1-10-7-12(15(6)16)8-11(2)13(10)9-14(3,4)5/h7-8,16H,9H2,1-6H3. The summed E-state index contributed by atoms with van der Waals surface area (Å²) in [7, 11) is 0. The molecule has 0 fully saturated rings. The van der Waals surface area contributed by atoms with Crippen molar-refractivity contribution in [3.63, 3.8) is 0 Å². The van der Waals surface area contributed by atoms with E-state index in [0.717, 1.165) is 11.9 Å². The number of benzene rings is 1. The topological polar surface area (TPSA) is 20.2 Å². The lowest BCUT2D eigenvalue weighted by molar-refractivity contribution is 0.409. The molecule has 0 saturated heterocycles. The van der Waals surface area contributed by atoms with Gasteiger partial charge in [-0.3, -0.25) is 0 Å². The average molecular weight is 218 g/mol. The zero-order chi connectivity index (χ0) is 12.5. The molecule has 1 aromatic rings. The van der Waals surface area contributed by atoms with Crippen LogP contribution in [-0.2, 0) is 6.42 Å². The first kappa shape index (κ1) is 13.3. The van der Waals surface area contributed by atoms with Crippen molar-refractivity contribution in [3.05, 3.63) is 28.8 Å². The van der Waals surface area contributed by atoms with Crippen LogP contribution in [0.5, 0.6) is 0 Å². The number of rotatable bonds is 2. The van der Waals surface area contributed by atoms with Crippen molar-refractivity contribution < 1.29 is 5.02 Å². The molecule has 0 amide bonds. The fraction of sp³-hybridized carbons (Fsp3) is 0.571. The average Bonchev–Trinajstić information content (AvgIpc) is 2.09. The summed E-state index contributed by atoms with van der Waals surface area (Å²) >= 11 is 0. The minimum Gasteiger partial charge on any atom is -0.447 e. The third kappa shape index (κ3) is 3.38. The van der Waals surface area contributed by atoms with Gasteiger partial charge in [-0.1, -0.05) is 39.7 Å². The van der Waals surface area contributed by atoms with Crippen molar-refractivity contribution in [1.82, 2.24) is 0 Å². The molecule has 0 unspecified atom stereocenters. The maximum absolute atomic E-state index is 9.60. The van der Waals surface area contributed by atoms with Crippen LogP contribution in [0, 0.1) is 19.3 Å². The van der Waals surface area contributed by atoms with Crippen molar-refractivity contribution in [2.75, 3.05) is 0 Å². The number of hydrogen-bond acceptors (Lipinski definition) is 1. The lowest BCUT2D eigenvalue weighted by Crippen LogP contribution is -2.27.